The maximum atomic E-state index is 11.1. The lowest BCUT2D eigenvalue weighted by molar-refractivity contribution is 0.112. The maximum Gasteiger partial charge on any atom is 0.153 e. The minimum Gasteiger partial charge on any atom is -0.464 e. The van der Waals surface area contributed by atoms with Crippen LogP contribution in [-0.2, 0) is 0 Å². The number of aldehydes is 1. The van der Waals surface area contributed by atoms with E-state index in [1.54, 1.807) is 36.6 Å². The van der Waals surface area contributed by atoms with E-state index < -0.39 is 0 Å². The molecular formula is C15H9NO3. The first-order valence-corrected chi connectivity index (χ1v) is 5.72. The van der Waals surface area contributed by atoms with Crippen LogP contribution in [0.1, 0.15) is 10.4 Å². The van der Waals surface area contributed by atoms with Gasteiger partial charge in [0.2, 0.25) is 0 Å². The van der Waals surface area contributed by atoms with E-state index in [1.165, 1.54) is 0 Å². The van der Waals surface area contributed by atoms with Gasteiger partial charge in [0.25, 0.3) is 0 Å². The van der Waals surface area contributed by atoms with E-state index in [-0.39, 0.29) is 0 Å². The summed E-state index contributed by atoms with van der Waals surface area (Å²) in [6.07, 6.45) is 2.33. The third-order valence-corrected chi connectivity index (χ3v) is 3.01. The first-order chi connectivity index (χ1) is 9.31. The lowest BCUT2D eigenvalue weighted by Gasteiger charge is -2.03. The molecule has 0 bridgehead atoms. The number of nitrogens with zero attached hydrogens (tertiary/aromatic N) is 1. The van der Waals surface area contributed by atoms with Gasteiger partial charge in [-0.05, 0) is 46.6 Å². The molecule has 0 aliphatic heterocycles. The van der Waals surface area contributed by atoms with Crippen molar-refractivity contribution in [2.45, 2.75) is 0 Å². The van der Waals surface area contributed by atoms with E-state index in [0.29, 0.717) is 16.8 Å². The summed E-state index contributed by atoms with van der Waals surface area (Å²) in [5.41, 5.74) is 3.29. The van der Waals surface area contributed by atoms with Crippen molar-refractivity contribution in [2.24, 2.45) is 5.18 Å². The predicted octanol–water partition coefficient (Wildman–Crippen LogP) is 4.31. The van der Waals surface area contributed by atoms with Crippen molar-refractivity contribution < 1.29 is 9.21 Å². The molecule has 0 amide bonds. The third-order valence-electron chi connectivity index (χ3n) is 3.01. The van der Waals surface area contributed by atoms with Gasteiger partial charge in [0.1, 0.15) is 11.3 Å². The number of carbonyl (C=O) groups excluding carboxylic acids is 1. The highest BCUT2D eigenvalue weighted by Crippen LogP contribution is 2.29. The summed E-state index contributed by atoms with van der Waals surface area (Å²) < 4.78 is 5.28. The molecule has 0 fully saturated rings. The fourth-order valence-corrected chi connectivity index (χ4v) is 2.08. The van der Waals surface area contributed by atoms with Gasteiger partial charge in [0.15, 0.2) is 6.29 Å². The summed E-state index contributed by atoms with van der Waals surface area (Å²) in [7, 11) is 0. The van der Waals surface area contributed by atoms with E-state index >= 15 is 0 Å². The lowest BCUT2D eigenvalue weighted by Crippen LogP contribution is -1.84. The molecule has 92 valence electrons. The minimum absolute atomic E-state index is 0.378. The monoisotopic (exact) mass is 251 g/mol. The number of rotatable bonds is 3. The first-order valence-electron chi connectivity index (χ1n) is 5.72. The molecule has 19 heavy (non-hydrogen) atoms. The van der Waals surface area contributed by atoms with Crippen molar-refractivity contribution in [1.29, 1.82) is 0 Å². The number of hydrogen-bond donors (Lipinski definition) is 0. The van der Waals surface area contributed by atoms with Crippen molar-refractivity contribution in [1.82, 2.24) is 0 Å². The van der Waals surface area contributed by atoms with Gasteiger partial charge in [0, 0.05) is 5.39 Å². The van der Waals surface area contributed by atoms with Gasteiger partial charge in [-0.15, -0.1) is 4.91 Å². The molecule has 0 aliphatic rings. The molecule has 0 aliphatic carbocycles. The molecular weight excluding hydrogens is 242 g/mol. The Kier molecular flexibility index (Phi) is 2.68. The van der Waals surface area contributed by atoms with Crippen molar-refractivity contribution in [3.05, 3.63) is 59.2 Å². The van der Waals surface area contributed by atoms with Crippen LogP contribution in [0.5, 0.6) is 0 Å². The normalized spacial score (nSPS) is 10.5. The minimum atomic E-state index is 0.378. The van der Waals surface area contributed by atoms with Gasteiger partial charge in [-0.25, -0.2) is 0 Å². The molecule has 0 saturated carbocycles. The van der Waals surface area contributed by atoms with Crippen LogP contribution in [0.4, 0.5) is 5.69 Å². The highest BCUT2D eigenvalue weighted by molar-refractivity contribution is 5.97. The van der Waals surface area contributed by atoms with Crippen LogP contribution in [0.25, 0.3) is 22.1 Å². The second kappa shape index (κ2) is 4.49. The number of furan rings is 1. The van der Waals surface area contributed by atoms with Crippen molar-refractivity contribution in [3.63, 3.8) is 0 Å². The third kappa shape index (κ3) is 1.93. The second-order valence-electron chi connectivity index (χ2n) is 4.16. The molecule has 4 nitrogen and oxygen atoms in total. The molecule has 0 spiro atoms. The summed E-state index contributed by atoms with van der Waals surface area (Å²) in [5, 5.41) is 3.73. The van der Waals surface area contributed by atoms with E-state index in [9.17, 15) is 9.70 Å². The highest BCUT2D eigenvalue weighted by atomic mass is 16.3. The Morgan fingerprint density at radius 1 is 1.00 bits per heavy atom. The van der Waals surface area contributed by atoms with Gasteiger partial charge in [-0.2, -0.15) is 0 Å². The van der Waals surface area contributed by atoms with Gasteiger partial charge in [-0.3, -0.25) is 4.79 Å². The van der Waals surface area contributed by atoms with Crippen LogP contribution in [0.3, 0.4) is 0 Å². The number of fused-ring (bicyclic) bond motifs is 1. The molecule has 0 saturated heterocycles. The Bertz CT molecular complexity index is 757. The largest absolute Gasteiger partial charge is 0.464 e. The molecule has 3 aromatic rings. The lowest BCUT2D eigenvalue weighted by atomic mass is 10.0. The Morgan fingerprint density at radius 3 is 2.47 bits per heavy atom. The highest BCUT2D eigenvalue weighted by Gasteiger charge is 2.08. The molecule has 4 heteroatoms. The van der Waals surface area contributed by atoms with Crippen molar-refractivity contribution >= 4 is 22.9 Å². The van der Waals surface area contributed by atoms with E-state index in [0.717, 1.165) is 22.8 Å². The fourth-order valence-electron chi connectivity index (χ4n) is 2.08. The number of benzene rings is 2. The van der Waals surface area contributed by atoms with Gasteiger partial charge in [-0.1, -0.05) is 12.1 Å². The van der Waals surface area contributed by atoms with Gasteiger partial charge < -0.3 is 4.42 Å². The zero-order valence-electron chi connectivity index (χ0n) is 9.87. The van der Waals surface area contributed by atoms with Gasteiger partial charge in [0.05, 0.1) is 11.8 Å². The predicted molar refractivity (Wildman–Crippen MR) is 72.5 cm³/mol. The molecule has 1 aromatic heterocycles. The Morgan fingerprint density at radius 2 is 1.79 bits per heavy atom. The van der Waals surface area contributed by atoms with Gasteiger partial charge >= 0.3 is 0 Å². The van der Waals surface area contributed by atoms with Crippen LogP contribution < -0.4 is 0 Å². The number of nitroso groups, excluding NO2 is 1. The summed E-state index contributed by atoms with van der Waals surface area (Å²) in [6, 6.07) is 12.4. The topological polar surface area (TPSA) is 59.6 Å². The first kappa shape index (κ1) is 11.3. The molecule has 1 heterocycles. The molecule has 0 radical (unpaired) electrons. The van der Waals surface area contributed by atoms with Crippen LogP contribution in [0, 0.1) is 4.91 Å². The Hall–Kier alpha value is -2.75. The van der Waals surface area contributed by atoms with Crippen LogP contribution in [0.15, 0.2) is 58.3 Å². The summed E-state index contributed by atoms with van der Waals surface area (Å²) >= 11 is 0. The average molecular weight is 251 g/mol. The fraction of sp³-hybridized carbons (Fsp3) is 0. The smallest absolute Gasteiger partial charge is 0.153 e. The summed E-state index contributed by atoms with van der Waals surface area (Å²) in [6.45, 7) is 0. The standard InChI is InChI=1S/C15H9NO3/c17-9-13-8-12(7-11-5-6-19-15(11)13)10-1-3-14(16-18)4-2-10/h1-9H. The maximum absolute atomic E-state index is 11.1. The number of hydrogen-bond acceptors (Lipinski definition) is 4. The van der Waals surface area contributed by atoms with Crippen LogP contribution in [-0.4, -0.2) is 6.29 Å². The zero-order chi connectivity index (χ0) is 13.2. The van der Waals surface area contributed by atoms with Crippen molar-refractivity contribution in [2.75, 3.05) is 0 Å². The Balaban J connectivity index is 2.17. The quantitative estimate of drug-likeness (QED) is 0.514. The molecule has 3 rings (SSSR count). The molecule has 0 N–H and O–H groups in total. The summed E-state index contributed by atoms with van der Waals surface area (Å²) in [4.78, 5) is 21.5. The Labute approximate surface area is 108 Å². The van der Waals surface area contributed by atoms with Crippen LogP contribution >= 0.6 is 0 Å². The van der Waals surface area contributed by atoms with E-state index in [4.69, 9.17) is 4.42 Å². The summed E-state index contributed by atoms with van der Waals surface area (Å²) in [5.74, 6) is 0. The van der Waals surface area contributed by atoms with Crippen molar-refractivity contribution in [3.8, 4) is 11.1 Å². The molecule has 2 aromatic carbocycles. The second-order valence-corrected chi connectivity index (χ2v) is 4.16. The van der Waals surface area contributed by atoms with Crippen LogP contribution in [0.2, 0.25) is 0 Å². The molecule has 0 atom stereocenters. The van der Waals surface area contributed by atoms with E-state index in [1.807, 2.05) is 12.1 Å². The average Bonchev–Trinajstić information content (AvgIpc) is 2.94. The zero-order valence-corrected chi connectivity index (χ0v) is 9.87. The number of carbonyl (C=O) groups is 1. The van der Waals surface area contributed by atoms with E-state index in [2.05, 4.69) is 5.18 Å². The molecule has 0 unspecified atom stereocenters. The SMILES string of the molecule is O=Cc1cc(-c2ccc(N=O)cc2)cc2ccoc12.